The van der Waals surface area contributed by atoms with E-state index in [-0.39, 0.29) is 49.6 Å². The van der Waals surface area contributed by atoms with Gasteiger partial charge in [0.05, 0.1) is 0 Å². The molecule has 1 aliphatic rings. The maximum atomic E-state index is 5.89. The van der Waals surface area contributed by atoms with Gasteiger partial charge in [-0.25, -0.2) is 0 Å². The van der Waals surface area contributed by atoms with Crippen LogP contribution < -0.4 is 21.7 Å². The summed E-state index contributed by atoms with van der Waals surface area (Å²) in [7, 11) is 0. The molecule has 0 aromatic rings. The molecule has 146 valence electrons. The normalized spacial score (nSPS) is 19.4. The van der Waals surface area contributed by atoms with E-state index in [1.807, 2.05) is 0 Å². The molecule has 0 aliphatic heterocycles. The fraction of sp³-hybridized carbons (Fsp3) is 1.00. The van der Waals surface area contributed by atoms with Crippen LogP contribution in [-0.2, 0) is 0 Å². The minimum Gasteiger partial charge on any atom is -0.328 e. The molecule has 0 heterocycles. The molecule has 1 saturated carbocycles. The van der Waals surface area contributed by atoms with Crippen molar-refractivity contribution in [3.05, 3.63) is 0 Å². The third kappa shape index (κ3) is 17.6. The van der Waals surface area contributed by atoms with Gasteiger partial charge in [-0.1, -0.05) is 13.8 Å². The summed E-state index contributed by atoms with van der Waals surface area (Å²) in [6, 6.07) is 0.376. The van der Waals surface area contributed by atoms with Gasteiger partial charge in [0.1, 0.15) is 0 Å². The van der Waals surface area contributed by atoms with Gasteiger partial charge in [0, 0.05) is 6.04 Å². The highest BCUT2D eigenvalue weighted by molar-refractivity contribution is 5.86. The van der Waals surface area contributed by atoms with Crippen LogP contribution in [-0.4, -0.2) is 45.3 Å². The lowest BCUT2D eigenvalue weighted by atomic mass is 10.2. The third-order valence-corrected chi connectivity index (χ3v) is 4.06. The van der Waals surface area contributed by atoms with Crippen molar-refractivity contribution in [2.45, 2.75) is 45.6 Å². The highest BCUT2D eigenvalue weighted by atomic mass is 35.5. The quantitative estimate of drug-likeness (QED) is 0.349. The van der Waals surface area contributed by atoms with E-state index in [0.717, 1.165) is 50.9 Å². The number of hydrogen-bond acceptors (Lipinski definition) is 4. The molecule has 1 rings (SSSR count). The number of halogens is 4. The zero-order valence-corrected chi connectivity index (χ0v) is 17.8. The van der Waals surface area contributed by atoms with Crippen molar-refractivity contribution in [1.82, 2.24) is 16.0 Å². The highest BCUT2D eigenvalue weighted by Crippen LogP contribution is 2.36. The Morgan fingerprint density at radius 2 is 1.39 bits per heavy atom. The van der Waals surface area contributed by atoms with Crippen molar-refractivity contribution in [3.63, 3.8) is 0 Å². The minimum absolute atomic E-state index is 0. The van der Waals surface area contributed by atoms with Gasteiger partial charge in [0.25, 0.3) is 0 Å². The molecular formula is C15H38Cl4N4. The third-order valence-electron chi connectivity index (χ3n) is 4.06. The molecule has 5 N–H and O–H groups in total. The van der Waals surface area contributed by atoms with Gasteiger partial charge < -0.3 is 21.7 Å². The molecule has 0 spiro atoms. The Bertz CT molecular complexity index is 226. The van der Waals surface area contributed by atoms with Gasteiger partial charge in [0.15, 0.2) is 0 Å². The van der Waals surface area contributed by atoms with Crippen molar-refractivity contribution < 1.29 is 0 Å². The van der Waals surface area contributed by atoms with Crippen LogP contribution in [0.5, 0.6) is 0 Å². The average molecular weight is 416 g/mol. The average Bonchev–Trinajstić information content (AvgIpc) is 3.17. The van der Waals surface area contributed by atoms with Crippen LogP contribution in [0.2, 0.25) is 0 Å². The van der Waals surface area contributed by atoms with Crippen LogP contribution in [0.3, 0.4) is 0 Å². The van der Waals surface area contributed by atoms with Gasteiger partial charge in [-0.05, 0) is 76.8 Å². The predicted molar refractivity (Wildman–Crippen MR) is 112 cm³/mol. The highest BCUT2D eigenvalue weighted by Gasteiger charge is 2.35. The standard InChI is InChI=1S/C15H34N4.4ClH/c1-3-15(16)6-9-19-12-14-10-13(14)11-18-8-5-7-17-4-2;;;;/h13-15,17-19H,3-12,16H2,1-2H3;4*1H/t13-,14+,15?;;;;/m1..../s1. The lowest BCUT2D eigenvalue weighted by molar-refractivity contribution is 0.516. The van der Waals surface area contributed by atoms with E-state index >= 15 is 0 Å². The van der Waals surface area contributed by atoms with E-state index in [4.69, 9.17) is 5.73 Å². The van der Waals surface area contributed by atoms with Gasteiger partial charge in [0.2, 0.25) is 0 Å². The zero-order valence-electron chi connectivity index (χ0n) is 14.5. The molecule has 0 saturated heterocycles. The summed E-state index contributed by atoms with van der Waals surface area (Å²) in [5, 5.41) is 10.5. The molecule has 0 bridgehead atoms. The second-order valence-corrected chi connectivity index (χ2v) is 5.83. The summed E-state index contributed by atoms with van der Waals surface area (Å²) in [6.45, 7) is 11.1. The fourth-order valence-electron chi connectivity index (χ4n) is 2.39. The molecule has 4 nitrogen and oxygen atoms in total. The predicted octanol–water partition coefficient (Wildman–Crippen LogP) is 2.62. The van der Waals surface area contributed by atoms with Crippen LogP contribution >= 0.6 is 49.6 Å². The van der Waals surface area contributed by atoms with Crippen molar-refractivity contribution in [3.8, 4) is 0 Å². The van der Waals surface area contributed by atoms with Crippen molar-refractivity contribution >= 4 is 49.6 Å². The van der Waals surface area contributed by atoms with E-state index in [9.17, 15) is 0 Å². The Hall–Kier alpha value is 1.00. The lowest BCUT2D eigenvalue weighted by Crippen LogP contribution is -2.28. The molecule has 0 aromatic carbocycles. The summed E-state index contributed by atoms with van der Waals surface area (Å²) in [5.74, 6) is 1.81. The van der Waals surface area contributed by atoms with Gasteiger partial charge in [-0.2, -0.15) is 0 Å². The van der Waals surface area contributed by atoms with Gasteiger partial charge >= 0.3 is 0 Å². The maximum absolute atomic E-state index is 5.89. The Kier molecular flexibility index (Phi) is 29.0. The summed E-state index contributed by atoms with van der Waals surface area (Å²) < 4.78 is 0. The number of hydrogen-bond donors (Lipinski definition) is 4. The summed E-state index contributed by atoms with van der Waals surface area (Å²) in [5.41, 5.74) is 5.89. The van der Waals surface area contributed by atoms with Crippen LogP contribution in [0.1, 0.15) is 39.5 Å². The van der Waals surface area contributed by atoms with Crippen LogP contribution in [0.25, 0.3) is 0 Å². The van der Waals surface area contributed by atoms with E-state index < -0.39 is 0 Å². The number of rotatable bonds is 13. The monoisotopic (exact) mass is 414 g/mol. The van der Waals surface area contributed by atoms with E-state index in [2.05, 4.69) is 29.8 Å². The SMILES string of the molecule is CCNCCCNC[C@H]1C[C@H]1CNCCC(N)CC.Cl.Cl.Cl.Cl. The van der Waals surface area contributed by atoms with Gasteiger partial charge in [-0.3, -0.25) is 0 Å². The van der Waals surface area contributed by atoms with Gasteiger partial charge in [-0.15, -0.1) is 49.6 Å². The lowest BCUT2D eigenvalue weighted by Gasteiger charge is -2.09. The molecule has 3 atom stereocenters. The van der Waals surface area contributed by atoms with Crippen LogP contribution in [0, 0.1) is 11.8 Å². The van der Waals surface area contributed by atoms with Crippen LogP contribution in [0.4, 0.5) is 0 Å². The molecule has 0 aromatic heterocycles. The second kappa shape index (κ2) is 21.0. The molecule has 0 amide bonds. The summed E-state index contributed by atoms with van der Waals surface area (Å²) in [4.78, 5) is 0. The summed E-state index contributed by atoms with van der Waals surface area (Å²) >= 11 is 0. The topological polar surface area (TPSA) is 62.1 Å². The molecule has 1 fully saturated rings. The Morgan fingerprint density at radius 1 is 0.870 bits per heavy atom. The number of nitrogens with two attached hydrogens (primary N) is 1. The number of nitrogens with one attached hydrogen (secondary N) is 3. The van der Waals surface area contributed by atoms with E-state index in [1.54, 1.807) is 0 Å². The molecule has 0 radical (unpaired) electrons. The first-order valence-corrected chi connectivity index (χ1v) is 8.15. The maximum Gasteiger partial charge on any atom is 0.00482 e. The molecule has 1 aliphatic carbocycles. The first-order chi connectivity index (χ1) is 9.27. The fourth-order valence-corrected chi connectivity index (χ4v) is 2.39. The summed E-state index contributed by atoms with van der Waals surface area (Å²) in [6.07, 6.45) is 4.83. The molecular weight excluding hydrogens is 378 g/mol. The van der Waals surface area contributed by atoms with Crippen LogP contribution in [0.15, 0.2) is 0 Å². The first kappa shape index (κ1) is 31.7. The Labute approximate surface area is 167 Å². The molecule has 8 heteroatoms. The Morgan fingerprint density at radius 3 is 1.91 bits per heavy atom. The smallest absolute Gasteiger partial charge is 0.00482 e. The van der Waals surface area contributed by atoms with Crippen molar-refractivity contribution in [2.24, 2.45) is 17.6 Å². The molecule has 23 heavy (non-hydrogen) atoms. The first-order valence-electron chi connectivity index (χ1n) is 8.15. The van der Waals surface area contributed by atoms with Crippen molar-refractivity contribution in [1.29, 1.82) is 0 Å². The zero-order chi connectivity index (χ0) is 13.9. The second-order valence-electron chi connectivity index (χ2n) is 5.83. The van der Waals surface area contributed by atoms with E-state index in [0.29, 0.717) is 6.04 Å². The molecule has 1 unspecified atom stereocenters. The van der Waals surface area contributed by atoms with E-state index in [1.165, 1.54) is 25.9 Å². The Balaban J connectivity index is -0.000000451. The minimum atomic E-state index is 0. The largest absolute Gasteiger partial charge is 0.328 e. The van der Waals surface area contributed by atoms with Crippen molar-refractivity contribution in [2.75, 3.05) is 39.3 Å².